The van der Waals surface area contributed by atoms with Crippen LogP contribution < -0.4 is 5.73 Å². The number of rotatable bonds is 3. The summed E-state index contributed by atoms with van der Waals surface area (Å²) >= 11 is 1.83. The lowest BCUT2D eigenvalue weighted by Gasteiger charge is -2.14. The van der Waals surface area contributed by atoms with E-state index < -0.39 is 0 Å². The maximum atomic E-state index is 5.69. The van der Waals surface area contributed by atoms with Gasteiger partial charge in [0.2, 0.25) is 0 Å². The molecule has 15 heavy (non-hydrogen) atoms. The number of likely N-dealkylation sites (tertiary alicyclic amines) is 1. The van der Waals surface area contributed by atoms with E-state index in [4.69, 9.17) is 5.73 Å². The molecule has 1 saturated heterocycles. The van der Waals surface area contributed by atoms with Crippen molar-refractivity contribution in [1.29, 1.82) is 0 Å². The summed E-state index contributed by atoms with van der Waals surface area (Å²) < 4.78 is 0. The van der Waals surface area contributed by atoms with Crippen LogP contribution in [-0.4, -0.2) is 29.5 Å². The predicted octanol–water partition coefficient (Wildman–Crippen LogP) is 1.54. The molecule has 1 aromatic heterocycles. The molecule has 1 unspecified atom stereocenters. The van der Waals surface area contributed by atoms with Gasteiger partial charge < -0.3 is 5.73 Å². The summed E-state index contributed by atoms with van der Waals surface area (Å²) in [5, 5.41) is 1.18. The van der Waals surface area contributed by atoms with Crippen LogP contribution in [0.25, 0.3) is 0 Å². The molecule has 1 aromatic rings. The lowest BCUT2D eigenvalue weighted by atomic mass is 10.1. The van der Waals surface area contributed by atoms with Crippen LogP contribution in [-0.2, 0) is 6.54 Å². The third kappa shape index (κ3) is 2.56. The first-order valence-corrected chi connectivity index (χ1v) is 6.36. The summed E-state index contributed by atoms with van der Waals surface area (Å²) in [6.45, 7) is 8.43. The number of aromatic nitrogens is 1. The number of nitrogens with two attached hydrogens (primary N) is 1. The van der Waals surface area contributed by atoms with E-state index in [1.54, 1.807) is 0 Å². The number of hydrogen-bond donors (Lipinski definition) is 1. The van der Waals surface area contributed by atoms with Crippen LogP contribution in [0.4, 0.5) is 0 Å². The van der Waals surface area contributed by atoms with Gasteiger partial charge in [0.15, 0.2) is 0 Å². The lowest BCUT2D eigenvalue weighted by molar-refractivity contribution is 0.320. The highest BCUT2D eigenvalue weighted by molar-refractivity contribution is 7.11. The quantitative estimate of drug-likeness (QED) is 0.848. The zero-order chi connectivity index (χ0) is 10.8. The van der Waals surface area contributed by atoms with E-state index in [9.17, 15) is 0 Å². The van der Waals surface area contributed by atoms with Gasteiger partial charge in [0, 0.05) is 18.0 Å². The Balaban J connectivity index is 1.95. The predicted molar refractivity (Wildman–Crippen MR) is 64.0 cm³/mol. The van der Waals surface area contributed by atoms with Crippen LogP contribution in [0.5, 0.6) is 0 Å². The number of aryl methyl sites for hydroxylation is 2. The van der Waals surface area contributed by atoms with Gasteiger partial charge in [0.1, 0.15) is 0 Å². The van der Waals surface area contributed by atoms with E-state index in [0.29, 0.717) is 5.92 Å². The van der Waals surface area contributed by atoms with Crippen LogP contribution in [0.3, 0.4) is 0 Å². The third-order valence-electron chi connectivity index (χ3n) is 3.07. The normalized spacial score (nSPS) is 22.5. The molecule has 0 amide bonds. The van der Waals surface area contributed by atoms with Crippen molar-refractivity contribution in [2.45, 2.75) is 26.8 Å². The average Bonchev–Trinajstić information content (AvgIpc) is 2.75. The van der Waals surface area contributed by atoms with Crippen molar-refractivity contribution < 1.29 is 0 Å². The van der Waals surface area contributed by atoms with Crippen molar-refractivity contribution in [3.63, 3.8) is 0 Å². The molecule has 2 rings (SSSR count). The fourth-order valence-electron chi connectivity index (χ4n) is 2.17. The van der Waals surface area contributed by atoms with Crippen molar-refractivity contribution >= 4 is 11.3 Å². The molecule has 0 saturated carbocycles. The Hall–Kier alpha value is -0.450. The minimum Gasteiger partial charge on any atom is -0.330 e. The molecule has 2 N–H and O–H groups in total. The number of thiazole rings is 1. The molecule has 1 fully saturated rings. The van der Waals surface area contributed by atoms with Crippen LogP contribution in [0.15, 0.2) is 0 Å². The van der Waals surface area contributed by atoms with Gasteiger partial charge in [-0.2, -0.15) is 0 Å². The summed E-state index contributed by atoms with van der Waals surface area (Å²) in [7, 11) is 0. The van der Waals surface area contributed by atoms with Crippen LogP contribution in [0.1, 0.15) is 22.0 Å². The van der Waals surface area contributed by atoms with E-state index in [1.807, 2.05) is 11.3 Å². The van der Waals surface area contributed by atoms with Crippen LogP contribution >= 0.6 is 11.3 Å². The minimum absolute atomic E-state index is 0.708. The van der Waals surface area contributed by atoms with Crippen LogP contribution in [0.2, 0.25) is 0 Å². The standard InChI is InChI=1S/C11H19N3S/c1-8-11(15-9(2)13-8)7-14-4-3-10(5-12)6-14/h10H,3-7,12H2,1-2H3. The Kier molecular flexibility index (Phi) is 3.38. The van der Waals surface area contributed by atoms with Crippen LogP contribution in [0, 0.1) is 19.8 Å². The minimum atomic E-state index is 0.708. The first-order chi connectivity index (χ1) is 7.19. The van der Waals surface area contributed by atoms with Gasteiger partial charge in [-0.25, -0.2) is 4.98 Å². The van der Waals surface area contributed by atoms with E-state index in [2.05, 4.69) is 23.7 Å². The second-order valence-corrected chi connectivity index (χ2v) is 5.65. The lowest BCUT2D eigenvalue weighted by Crippen LogP contribution is -2.22. The Labute approximate surface area is 95.3 Å². The highest BCUT2D eigenvalue weighted by atomic mass is 32.1. The molecule has 0 spiro atoms. The van der Waals surface area contributed by atoms with Gasteiger partial charge in [0.05, 0.1) is 10.7 Å². The van der Waals surface area contributed by atoms with E-state index >= 15 is 0 Å². The molecule has 84 valence electrons. The smallest absolute Gasteiger partial charge is 0.0900 e. The van der Waals surface area contributed by atoms with Crippen molar-refractivity contribution in [2.75, 3.05) is 19.6 Å². The molecule has 4 heteroatoms. The Morgan fingerprint density at radius 3 is 2.87 bits per heavy atom. The highest BCUT2D eigenvalue weighted by Gasteiger charge is 2.22. The Morgan fingerprint density at radius 1 is 1.53 bits per heavy atom. The van der Waals surface area contributed by atoms with Gasteiger partial charge in [-0.15, -0.1) is 11.3 Å². The van der Waals surface area contributed by atoms with Gasteiger partial charge in [-0.1, -0.05) is 0 Å². The zero-order valence-electron chi connectivity index (χ0n) is 9.49. The summed E-state index contributed by atoms with van der Waals surface area (Å²) in [4.78, 5) is 8.38. The fraction of sp³-hybridized carbons (Fsp3) is 0.727. The summed E-state index contributed by atoms with van der Waals surface area (Å²) in [5.41, 5.74) is 6.89. The third-order valence-corrected chi connectivity index (χ3v) is 4.13. The molecule has 0 aliphatic carbocycles. The van der Waals surface area contributed by atoms with Gasteiger partial charge in [-0.3, -0.25) is 4.90 Å². The van der Waals surface area contributed by atoms with Gasteiger partial charge in [0.25, 0.3) is 0 Å². The largest absolute Gasteiger partial charge is 0.330 e. The Bertz CT molecular complexity index is 335. The Morgan fingerprint density at radius 2 is 2.33 bits per heavy atom. The van der Waals surface area contributed by atoms with Crippen molar-refractivity contribution in [3.05, 3.63) is 15.6 Å². The van der Waals surface area contributed by atoms with E-state index in [1.165, 1.54) is 28.5 Å². The number of nitrogens with zero attached hydrogens (tertiary/aromatic N) is 2. The molecule has 1 atom stereocenters. The molecule has 1 aliphatic rings. The van der Waals surface area contributed by atoms with E-state index in [-0.39, 0.29) is 0 Å². The van der Waals surface area contributed by atoms with Crippen molar-refractivity contribution in [1.82, 2.24) is 9.88 Å². The second-order valence-electron chi connectivity index (χ2n) is 4.37. The van der Waals surface area contributed by atoms with Gasteiger partial charge >= 0.3 is 0 Å². The summed E-state index contributed by atoms with van der Waals surface area (Å²) in [5.74, 6) is 0.708. The topological polar surface area (TPSA) is 42.2 Å². The van der Waals surface area contributed by atoms with Crippen molar-refractivity contribution in [3.8, 4) is 0 Å². The van der Waals surface area contributed by atoms with Crippen molar-refractivity contribution in [2.24, 2.45) is 11.7 Å². The molecular weight excluding hydrogens is 206 g/mol. The molecule has 0 radical (unpaired) electrons. The van der Waals surface area contributed by atoms with E-state index in [0.717, 1.165) is 19.6 Å². The maximum Gasteiger partial charge on any atom is 0.0900 e. The maximum absolute atomic E-state index is 5.69. The van der Waals surface area contributed by atoms with Gasteiger partial charge in [-0.05, 0) is 39.3 Å². The molecular formula is C11H19N3S. The average molecular weight is 225 g/mol. The first-order valence-electron chi connectivity index (χ1n) is 5.54. The molecule has 1 aliphatic heterocycles. The summed E-state index contributed by atoms with van der Waals surface area (Å²) in [6, 6.07) is 0. The highest BCUT2D eigenvalue weighted by Crippen LogP contribution is 2.23. The molecule has 0 bridgehead atoms. The first kappa shape index (κ1) is 11.0. The summed E-state index contributed by atoms with van der Waals surface area (Å²) in [6.07, 6.45) is 1.26. The molecule has 2 heterocycles. The number of hydrogen-bond acceptors (Lipinski definition) is 4. The fourth-order valence-corrected chi connectivity index (χ4v) is 3.15. The molecule has 0 aromatic carbocycles. The monoisotopic (exact) mass is 225 g/mol. The molecule has 3 nitrogen and oxygen atoms in total. The second kappa shape index (κ2) is 4.60. The zero-order valence-corrected chi connectivity index (χ0v) is 10.3. The SMILES string of the molecule is Cc1nc(C)c(CN2CCC(CN)C2)s1.